The maximum absolute atomic E-state index is 12.2. The number of nitrogens with zero attached hydrogens (tertiary/aromatic N) is 8. The Bertz CT molecular complexity index is 1150. The zero-order valence-corrected chi connectivity index (χ0v) is 21.3. The minimum absolute atomic E-state index is 0.157. The Morgan fingerprint density at radius 2 is 1.69 bits per heavy atom. The first-order valence-electron chi connectivity index (χ1n) is 13.1. The van der Waals surface area contributed by atoms with Crippen molar-refractivity contribution in [2.24, 2.45) is 0 Å². The van der Waals surface area contributed by atoms with Crippen LogP contribution in [0.4, 0.5) is 5.82 Å². The highest BCUT2D eigenvalue weighted by Crippen LogP contribution is 2.31. The molecule has 0 bridgehead atoms. The fourth-order valence-electron chi connectivity index (χ4n) is 5.82. The fraction of sp³-hybridized carbons (Fsp3) is 0.640. The van der Waals surface area contributed by atoms with Gasteiger partial charge in [-0.25, -0.2) is 9.97 Å². The molecule has 2 aliphatic heterocycles. The van der Waals surface area contributed by atoms with Crippen LogP contribution in [0.15, 0.2) is 12.4 Å². The van der Waals surface area contributed by atoms with E-state index in [0.29, 0.717) is 6.04 Å². The van der Waals surface area contributed by atoms with Crippen molar-refractivity contribution in [3.05, 3.63) is 28.7 Å². The van der Waals surface area contributed by atoms with Gasteiger partial charge in [0.1, 0.15) is 23.1 Å². The number of carbonyl (C=O) groups excluding carboxylic acids is 1. The third-order valence-electron chi connectivity index (χ3n) is 7.87. The molecule has 35 heavy (non-hydrogen) atoms. The lowest BCUT2D eigenvalue weighted by molar-refractivity contribution is -0.120. The van der Waals surface area contributed by atoms with Gasteiger partial charge in [-0.1, -0.05) is 6.92 Å². The van der Waals surface area contributed by atoms with Gasteiger partial charge in [0.25, 0.3) is 0 Å². The minimum atomic E-state index is -0.157. The standard InChI is InChI=1S/C25H34N8OS/c1-2-19-15-20-24(26-17-27-25(20)35-19)32-13-11-31(12-14-32)23(16-34)30-9-7-18(8-10-30)33-28-21-5-3-4-6-22(21)29-33/h15-18,23H,2-14H2,1H3. The summed E-state index contributed by atoms with van der Waals surface area (Å²) in [5.41, 5.74) is 2.41. The molecule has 0 amide bonds. The first-order chi connectivity index (χ1) is 17.2. The van der Waals surface area contributed by atoms with Gasteiger partial charge in [0.15, 0.2) is 6.29 Å². The van der Waals surface area contributed by atoms with Gasteiger partial charge in [0, 0.05) is 44.1 Å². The molecule has 10 heteroatoms. The highest BCUT2D eigenvalue weighted by atomic mass is 32.1. The molecule has 0 aromatic carbocycles. The Morgan fingerprint density at radius 1 is 1.00 bits per heavy atom. The van der Waals surface area contributed by atoms with Crippen LogP contribution in [0.1, 0.15) is 54.9 Å². The number of hydrogen-bond donors (Lipinski definition) is 0. The molecule has 0 radical (unpaired) electrons. The van der Waals surface area contributed by atoms with E-state index in [1.807, 2.05) is 4.80 Å². The second-order valence-corrected chi connectivity index (χ2v) is 11.1. The van der Waals surface area contributed by atoms with Crippen LogP contribution >= 0.6 is 11.3 Å². The third kappa shape index (κ3) is 4.47. The molecule has 0 N–H and O–H groups in total. The molecule has 9 nitrogen and oxygen atoms in total. The number of piperidine rings is 1. The van der Waals surface area contributed by atoms with Crippen LogP contribution in [0.3, 0.4) is 0 Å². The lowest BCUT2D eigenvalue weighted by Crippen LogP contribution is -2.58. The molecular weight excluding hydrogens is 460 g/mol. The molecule has 1 unspecified atom stereocenters. The summed E-state index contributed by atoms with van der Waals surface area (Å²) in [6, 6.07) is 2.59. The van der Waals surface area contributed by atoms with Crippen LogP contribution in [0.5, 0.6) is 0 Å². The smallest absolute Gasteiger partial charge is 0.151 e. The fourth-order valence-corrected chi connectivity index (χ4v) is 6.75. The van der Waals surface area contributed by atoms with Crippen LogP contribution in [0.2, 0.25) is 0 Å². The van der Waals surface area contributed by atoms with Crippen molar-refractivity contribution in [2.75, 3.05) is 44.2 Å². The number of thiophene rings is 1. The van der Waals surface area contributed by atoms with E-state index in [-0.39, 0.29) is 6.17 Å². The van der Waals surface area contributed by atoms with E-state index in [4.69, 9.17) is 10.2 Å². The van der Waals surface area contributed by atoms with Gasteiger partial charge in [-0.3, -0.25) is 9.80 Å². The molecule has 3 aliphatic rings. The van der Waals surface area contributed by atoms with Gasteiger partial charge in [0.2, 0.25) is 0 Å². The highest BCUT2D eigenvalue weighted by molar-refractivity contribution is 7.18. The van der Waals surface area contributed by atoms with E-state index in [1.165, 1.54) is 29.1 Å². The molecule has 3 aromatic rings. The van der Waals surface area contributed by atoms with Gasteiger partial charge in [-0.15, -0.1) is 11.3 Å². The zero-order chi connectivity index (χ0) is 23.8. The van der Waals surface area contributed by atoms with Crippen molar-refractivity contribution in [1.29, 1.82) is 0 Å². The van der Waals surface area contributed by atoms with Crippen molar-refractivity contribution < 1.29 is 4.79 Å². The van der Waals surface area contributed by atoms with E-state index in [2.05, 4.69) is 37.7 Å². The molecule has 1 atom stereocenters. The molecular formula is C25H34N8OS. The van der Waals surface area contributed by atoms with Gasteiger partial charge < -0.3 is 9.69 Å². The van der Waals surface area contributed by atoms with E-state index in [9.17, 15) is 4.79 Å². The molecule has 1 aliphatic carbocycles. The molecule has 0 spiro atoms. The summed E-state index contributed by atoms with van der Waals surface area (Å²) in [5.74, 6) is 1.03. The van der Waals surface area contributed by atoms with Crippen LogP contribution in [-0.2, 0) is 24.1 Å². The SMILES string of the molecule is CCc1cc2c(N3CCN(C(C=O)N4CCC(n5nc6c(n5)CCCC6)CC4)CC3)ncnc2s1. The number of rotatable bonds is 6. The average Bonchev–Trinajstić information content (AvgIpc) is 3.54. The summed E-state index contributed by atoms with van der Waals surface area (Å²) in [7, 11) is 0. The highest BCUT2D eigenvalue weighted by Gasteiger charge is 2.33. The number of fused-ring (bicyclic) bond motifs is 2. The van der Waals surface area contributed by atoms with Crippen molar-refractivity contribution in [1.82, 2.24) is 34.8 Å². The number of hydrogen-bond acceptors (Lipinski definition) is 9. The number of anilines is 1. The van der Waals surface area contributed by atoms with Gasteiger partial charge in [-0.2, -0.15) is 15.0 Å². The Hall–Kier alpha value is -2.43. The van der Waals surface area contributed by atoms with Crippen molar-refractivity contribution in [3.63, 3.8) is 0 Å². The van der Waals surface area contributed by atoms with Crippen LogP contribution in [-0.4, -0.2) is 86.5 Å². The van der Waals surface area contributed by atoms with Crippen LogP contribution in [0.25, 0.3) is 10.2 Å². The van der Waals surface area contributed by atoms with Gasteiger partial charge >= 0.3 is 0 Å². The summed E-state index contributed by atoms with van der Waals surface area (Å²) < 4.78 is 0. The van der Waals surface area contributed by atoms with Crippen molar-refractivity contribution in [3.8, 4) is 0 Å². The summed E-state index contributed by atoms with van der Waals surface area (Å²) in [5, 5.41) is 10.8. The summed E-state index contributed by atoms with van der Waals surface area (Å²) in [4.78, 5) is 32.7. The molecule has 5 heterocycles. The number of aromatic nitrogens is 5. The maximum Gasteiger partial charge on any atom is 0.151 e. The summed E-state index contributed by atoms with van der Waals surface area (Å²) in [6.45, 7) is 7.43. The molecule has 2 fully saturated rings. The summed E-state index contributed by atoms with van der Waals surface area (Å²) >= 11 is 1.76. The minimum Gasteiger partial charge on any atom is -0.353 e. The average molecular weight is 495 g/mol. The topological polar surface area (TPSA) is 83.3 Å². The number of likely N-dealkylation sites (tertiary alicyclic amines) is 1. The van der Waals surface area contributed by atoms with Gasteiger partial charge in [-0.05, 0) is 51.0 Å². The molecule has 6 rings (SSSR count). The lowest BCUT2D eigenvalue weighted by atomic mass is 10.0. The quantitative estimate of drug-likeness (QED) is 0.484. The number of carbonyl (C=O) groups is 1. The van der Waals surface area contributed by atoms with Crippen LogP contribution in [0, 0.1) is 0 Å². The van der Waals surface area contributed by atoms with E-state index in [1.54, 1.807) is 17.7 Å². The summed E-state index contributed by atoms with van der Waals surface area (Å²) in [6.07, 6.45) is 10.3. The van der Waals surface area contributed by atoms with E-state index >= 15 is 0 Å². The predicted molar refractivity (Wildman–Crippen MR) is 137 cm³/mol. The lowest BCUT2D eigenvalue weighted by Gasteiger charge is -2.43. The molecule has 0 saturated carbocycles. The normalized spacial score (nSPS) is 21.3. The first kappa shape index (κ1) is 23.0. The Labute approximate surface area is 210 Å². The second-order valence-electron chi connectivity index (χ2n) is 9.94. The molecule has 186 valence electrons. The Morgan fingerprint density at radius 3 is 2.34 bits per heavy atom. The number of aldehydes is 1. The maximum atomic E-state index is 12.2. The molecule has 2 saturated heterocycles. The largest absolute Gasteiger partial charge is 0.353 e. The number of aryl methyl sites for hydroxylation is 3. The Balaban J connectivity index is 1.07. The van der Waals surface area contributed by atoms with Crippen LogP contribution < -0.4 is 4.90 Å². The van der Waals surface area contributed by atoms with E-state index < -0.39 is 0 Å². The molecule has 3 aromatic heterocycles. The third-order valence-corrected chi connectivity index (χ3v) is 9.06. The van der Waals surface area contributed by atoms with Crippen molar-refractivity contribution in [2.45, 2.75) is 64.1 Å². The first-order valence-corrected chi connectivity index (χ1v) is 13.9. The van der Waals surface area contributed by atoms with Gasteiger partial charge in [0.05, 0.1) is 22.8 Å². The van der Waals surface area contributed by atoms with Crippen molar-refractivity contribution >= 4 is 33.7 Å². The predicted octanol–water partition coefficient (Wildman–Crippen LogP) is 2.71. The van der Waals surface area contributed by atoms with E-state index in [0.717, 1.165) is 93.7 Å². The zero-order valence-electron chi connectivity index (χ0n) is 20.5. The monoisotopic (exact) mass is 494 g/mol. The second kappa shape index (κ2) is 9.91. The Kier molecular flexibility index (Phi) is 6.51. The number of piperazine rings is 1.